The zero-order chi connectivity index (χ0) is 13.9. The summed E-state index contributed by atoms with van der Waals surface area (Å²) in [5.41, 5.74) is 0.450. The predicted octanol–water partition coefficient (Wildman–Crippen LogP) is 2.60. The summed E-state index contributed by atoms with van der Waals surface area (Å²) in [6.45, 7) is 3.51. The van der Waals surface area contributed by atoms with Crippen molar-refractivity contribution >= 4 is 5.91 Å². The molecule has 0 aliphatic heterocycles. The van der Waals surface area contributed by atoms with Gasteiger partial charge < -0.3 is 10.1 Å². The van der Waals surface area contributed by atoms with E-state index in [0.717, 1.165) is 12.8 Å². The molecule has 19 heavy (non-hydrogen) atoms. The molecule has 1 N–H and O–H groups in total. The Kier molecular flexibility index (Phi) is 7.11. The third kappa shape index (κ3) is 6.46. The van der Waals surface area contributed by atoms with Gasteiger partial charge >= 0.3 is 0 Å². The average molecular weight is 260 g/mol. The molecule has 4 heteroatoms. The lowest BCUT2D eigenvalue weighted by molar-refractivity contribution is -0.124. The van der Waals surface area contributed by atoms with Crippen LogP contribution in [0.5, 0.6) is 0 Å². The largest absolute Gasteiger partial charge is 0.491 e. The van der Waals surface area contributed by atoms with E-state index in [-0.39, 0.29) is 12.5 Å². The van der Waals surface area contributed by atoms with Crippen molar-refractivity contribution in [3.05, 3.63) is 36.6 Å². The van der Waals surface area contributed by atoms with Crippen LogP contribution >= 0.6 is 0 Å². The molecule has 0 bridgehead atoms. The van der Waals surface area contributed by atoms with Crippen LogP contribution in [0.4, 0.5) is 0 Å². The summed E-state index contributed by atoms with van der Waals surface area (Å²) >= 11 is 0. The van der Waals surface area contributed by atoms with Crippen molar-refractivity contribution in [1.82, 2.24) is 5.32 Å². The van der Waals surface area contributed by atoms with Gasteiger partial charge in [0.15, 0.2) is 6.61 Å². The lowest BCUT2D eigenvalue weighted by Gasteiger charge is -2.22. The second-order valence-corrected chi connectivity index (χ2v) is 4.48. The molecule has 1 fully saturated rings. The SMILES string of the molecule is C=C/C(C#N)=C\C=C\OCC(=O)NC1CCCCC1. The van der Waals surface area contributed by atoms with Crippen molar-refractivity contribution in [3.63, 3.8) is 0 Å². The Morgan fingerprint density at radius 1 is 1.42 bits per heavy atom. The first-order chi connectivity index (χ1) is 9.26. The summed E-state index contributed by atoms with van der Waals surface area (Å²) in [5.74, 6) is -0.0928. The Morgan fingerprint density at radius 2 is 2.16 bits per heavy atom. The second kappa shape index (κ2) is 8.98. The Balaban J connectivity index is 2.19. The molecular weight excluding hydrogens is 240 g/mol. The average Bonchev–Trinajstić information content (AvgIpc) is 2.44. The number of carbonyl (C=O) groups excluding carboxylic acids is 1. The van der Waals surface area contributed by atoms with Crippen molar-refractivity contribution in [2.75, 3.05) is 6.61 Å². The zero-order valence-corrected chi connectivity index (χ0v) is 11.1. The van der Waals surface area contributed by atoms with E-state index in [1.54, 1.807) is 12.2 Å². The highest BCUT2D eigenvalue weighted by Crippen LogP contribution is 2.17. The Labute approximate surface area is 114 Å². The molecule has 4 nitrogen and oxygen atoms in total. The van der Waals surface area contributed by atoms with E-state index < -0.39 is 0 Å². The fourth-order valence-electron chi connectivity index (χ4n) is 1.99. The minimum atomic E-state index is -0.0928. The first kappa shape index (κ1) is 15.0. The number of allylic oxidation sites excluding steroid dienone is 4. The van der Waals surface area contributed by atoms with Gasteiger partial charge in [0.1, 0.15) is 0 Å². The highest BCUT2D eigenvalue weighted by atomic mass is 16.5. The van der Waals surface area contributed by atoms with Crippen LogP contribution in [-0.2, 0) is 9.53 Å². The van der Waals surface area contributed by atoms with Gasteiger partial charge in [0, 0.05) is 6.04 Å². The monoisotopic (exact) mass is 260 g/mol. The summed E-state index contributed by atoms with van der Waals surface area (Å²) in [6.07, 6.45) is 11.8. The van der Waals surface area contributed by atoms with Gasteiger partial charge in [-0.05, 0) is 25.0 Å². The maximum atomic E-state index is 11.6. The lowest BCUT2D eigenvalue weighted by Crippen LogP contribution is -2.38. The van der Waals surface area contributed by atoms with Crippen molar-refractivity contribution in [2.24, 2.45) is 0 Å². The molecule has 0 aromatic rings. The van der Waals surface area contributed by atoms with E-state index in [0.29, 0.717) is 11.6 Å². The minimum Gasteiger partial charge on any atom is -0.491 e. The maximum absolute atomic E-state index is 11.6. The number of nitrogens with one attached hydrogen (secondary N) is 1. The predicted molar refractivity (Wildman–Crippen MR) is 74.0 cm³/mol. The van der Waals surface area contributed by atoms with E-state index in [4.69, 9.17) is 10.00 Å². The molecule has 0 atom stereocenters. The van der Waals surface area contributed by atoms with Gasteiger partial charge in [0.2, 0.25) is 0 Å². The van der Waals surface area contributed by atoms with Gasteiger partial charge in [-0.3, -0.25) is 4.79 Å². The number of hydrogen-bond donors (Lipinski definition) is 1. The second-order valence-electron chi connectivity index (χ2n) is 4.48. The Bertz CT molecular complexity index is 399. The normalized spacial score (nSPS) is 16.9. The molecule has 0 radical (unpaired) electrons. The fourth-order valence-corrected chi connectivity index (χ4v) is 1.99. The molecule has 1 rings (SSSR count). The number of nitriles is 1. The summed E-state index contributed by atoms with van der Waals surface area (Å²) in [5, 5.41) is 11.6. The van der Waals surface area contributed by atoms with Gasteiger partial charge in [-0.1, -0.05) is 31.9 Å². The van der Waals surface area contributed by atoms with Crippen LogP contribution in [0.15, 0.2) is 36.6 Å². The third-order valence-corrected chi connectivity index (χ3v) is 2.98. The number of carbonyl (C=O) groups is 1. The Morgan fingerprint density at radius 3 is 2.79 bits per heavy atom. The van der Waals surface area contributed by atoms with E-state index >= 15 is 0 Å². The summed E-state index contributed by atoms with van der Waals surface area (Å²) < 4.78 is 5.10. The van der Waals surface area contributed by atoms with E-state index in [9.17, 15) is 4.79 Å². The lowest BCUT2D eigenvalue weighted by atomic mass is 9.95. The highest BCUT2D eigenvalue weighted by Gasteiger charge is 2.15. The van der Waals surface area contributed by atoms with E-state index in [1.165, 1.54) is 31.6 Å². The number of ether oxygens (including phenoxy) is 1. The minimum absolute atomic E-state index is 0.0107. The molecule has 0 unspecified atom stereocenters. The Hall–Kier alpha value is -2.02. The molecular formula is C15H20N2O2. The van der Waals surface area contributed by atoms with Gasteiger partial charge in [-0.2, -0.15) is 5.26 Å². The van der Waals surface area contributed by atoms with Crippen molar-refractivity contribution in [2.45, 2.75) is 38.1 Å². The number of hydrogen-bond acceptors (Lipinski definition) is 3. The smallest absolute Gasteiger partial charge is 0.258 e. The number of amides is 1. The van der Waals surface area contributed by atoms with Crippen LogP contribution in [0.3, 0.4) is 0 Å². The molecule has 0 aromatic carbocycles. The third-order valence-electron chi connectivity index (χ3n) is 2.98. The van der Waals surface area contributed by atoms with Crippen LogP contribution < -0.4 is 5.32 Å². The molecule has 0 aromatic heterocycles. The first-order valence-corrected chi connectivity index (χ1v) is 6.56. The molecule has 0 spiro atoms. The topological polar surface area (TPSA) is 62.1 Å². The van der Waals surface area contributed by atoms with Crippen molar-refractivity contribution in [3.8, 4) is 6.07 Å². The maximum Gasteiger partial charge on any atom is 0.258 e. The van der Waals surface area contributed by atoms with E-state index in [1.807, 2.05) is 6.07 Å². The van der Waals surface area contributed by atoms with Gasteiger partial charge in [0.25, 0.3) is 5.91 Å². The number of nitrogens with zero attached hydrogens (tertiary/aromatic N) is 1. The standard InChI is InChI=1S/C15H20N2O2/c1-2-13(11-16)7-6-10-19-12-15(18)17-14-8-4-3-5-9-14/h2,6-7,10,14H,1,3-5,8-9,12H2,(H,17,18)/b10-6+,13-7+. The van der Waals surface area contributed by atoms with Crippen LogP contribution in [-0.4, -0.2) is 18.6 Å². The van der Waals surface area contributed by atoms with Crippen molar-refractivity contribution in [1.29, 1.82) is 5.26 Å². The molecule has 1 amide bonds. The molecule has 0 heterocycles. The quantitative estimate of drug-likeness (QED) is 0.453. The van der Waals surface area contributed by atoms with Crippen LogP contribution in [0.25, 0.3) is 0 Å². The molecule has 0 saturated heterocycles. The van der Waals surface area contributed by atoms with Gasteiger partial charge in [-0.15, -0.1) is 0 Å². The first-order valence-electron chi connectivity index (χ1n) is 6.56. The fraction of sp³-hybridized carbons (Fsp3) is 0.467. The van der Waals surface area contributed by atoms with E-state index in [2.05, 4.69) is 11.9 Å². The zero-order valence-electron chi connectivity index (χ0n) is 11.1. The molecule has 102 valence electrons. The molecule has 1 aliphatic carbocycles. The summed E-state index contributed by atoms with van der Waals surface area (Å²) in [6, 6.07) is 2.27. The summed E-state index contributed by atoms with van der Waals surface area (Å²) in [4.78, 5) is 11.6. The summed E-state index contributed by atoms with van der Waals surface area (Å²) in [7, 11) is 0. The van der Waals surface area contributed by atoms with Crippen LogP contribution in [0.2, 0.25) is 0 Å². The van der Waals surface area contributed by atoms with Crippen LogP contribution in [0.1, 0.15) is 32.1 Å². The van der Waals surface area contributed by atoms with Crippen molar-refractivity contribution < 1.29 is 9.53 Å². The van der Waals surface area contributed by atoms with Gasteiger partial charge in [0.05, 0.1) is 17.9 Å². The molecule has 1 saturated carbocycles. The van der Waals surface area contributed by atoms with Crippen LogP contribution in [0, 0.1) is 11.3 Å². The highest BCUT2D eigenvalue weighted by molar-refractivity contribution is 5.77. The van der Waals surface area contributed by atoms with Gasteiger partial charge in [-0.25, -0.2) is 0 Å². The molecule has 1 aliphatic rings. The number of rotatable bonds is 6.